The lowest BCUT2D eigenvalue weighted by Crippen LogP contribution is -2.50. The molecule has 29 heavy (non-hydrogen) atoms. The Morgan fingerprint density at radius 3 is 2.28 bits per heavy atom. The summed E-state index contributed by atoms with van der Waals surface area (Å²) in [4.78, 5) is 38.6. The maximum atomic E-state index is 12.9. The fourth-order valence-electron chi connectivity index (χ4n) is 2.86. The number of rotatable bonds is 8. The zero-order valence-electron chi connectivity index (χ0n) is 16.7. The molecule has 0 radical (unpaired) electrons. The summed E-state index contributed by atoms with van der Waals surface area (Å²) in [6, 6.07) is 2.48. The quantitative estimate of drug-likeness (QED) is 0.359. The molecule has 0 saturated carbocycles. The van der Waals surface area contributed by atoms with E-state index < -0.39 is 16.9 Å². The molecule has 1 aliphatic rings. The van der Waals surface area contributed by atoms with Gasteiger partial charge in [-0.3, -0.25) is 14.9 Å². The van der Waals surface area contributed by atoms with E-state index in [-0.39, 0.29) is 62.1 Å². The van der Waals surface area contributed by atoms with Crippen LogP contribution in [0.25, 0.3) is 0 Å². The van der Waals surface area contributed by atoms with Crippen LogP contribution in [0.3, 0.4) is 0 Å². The van der Waals surface area contributed by atoms with Crippen molar-refractivity contribution in [2.45, 2.75) is 6.92 Å². The number of benzene rings is 1. The minimum Gasteiger partial charge on any atom is -0.493 e. The standard InChI is InChI=1S/C18H25N3O8/c1-4-28-18(23)20-7-5-19(6-8-20)17(22)13-11-15(27-3)16(29-10-9-26-2)12-14(13)21(24)25/h11-12H,4-10H2,1-3H3. The fourth-order valence-corrected chi connectivity index (χ4v) is 2.86. The highest BCUT2D eigenvalue weighted by molar-refractivity contribution is 5.99. The first-order valence-electron chi connectivity index (χ1n) is 9.12. The second-order valence-electron chi connectivity index (χ2n) is 6.10. The van der Waals surface area contributed by atoms with E-state index in [0.29, 0.717) is 6.61 Å². The number of nitro groups is 1. The summed E-state index contributed by atoms with van der Waals surface area (Å²) < 4.78 is 20.6. The van der Waals surface area contributed by atoms with Crippen molar-refractivity contribution in [2.24, 2.45) is 0 Å². The van der Waals surface area contributed by atoms with Crippen molar-refractivity contribution in [1.29, 1.82) is 0 Å². The molecule has 1 aliphatic heterocycles. The number of carbonyl (C=O) groups excluding carboxylic acids is 2. The largest absolute Gasteiger partial charge is 0.493 e. The van der Waals surface area contributed by atoms with Crippen LogP contribution in [-0.2, 0) is 9.47 Å². The van der Waals surface area contributed by atoms with Gasteiger partial charge in [0.15, 0.2) is 11.5 Å². The van der Waals surface area contributed by atoms with Gasteiger partial charge in [0.25, 0.3) is 11.6 Å². The lowest BCUT2D eigenvalue weighted by molar-refractivity contribution is -0.385. The molecule has 1 fully saturated rings. The second kappa shape index (κ2) is 10.5. The number of piperazine rings is 1. The van der Waals surface area contributed by atoms with Crippen molar-refractivity contribution in [3.63, 3.8) is 0 Å². The van der Waals surface area contributed by atoms with Gasteiger partial charge in [0, 0.05) is 39.4 Å². The summed E-state index contributed by atoms with van der Waals surface area (Å²) >= 11 is 0. The maximum absolute atomic E-state index is 12.9. The number of methoxy groups -OCH3 is 2. The normalized spacial score (nSPS) is 13.8. The summed E-state index contributed by atoms with van der Waals surface area (Å²) in [5, 5.41) is 11.5. The van der Waals surface area contributed by atoms with Gasteiger partial charge < -0.3 is 28.7 Å². The predicted molar refractivity (Wildman–Crippen MR) is 102 cm³/mol. The molecule has 0 bridgehead atoms. The van der Waals surface area contributed by atoms with Crippen molar-refractivity contribution in [3.8, 4) is 11.5 Å². The van der Waals surface area contributed by atoms with Crippen molar-refractivity contribution in [2.75, 3.05) is 60.2 Å². The van der Waals surface area contributed by atoms with Crippen molar-refractivity contribution in [1.82, 2.24) is 9.80 Å². The number of nitrogens with zero attached hydrogens (tertiary/aromatic N) is 3. The first-order chi connectivity index (χ1) is 13.9. The Balaban J connectivity index is 2.21. The van der Waals surface area contributed by atoms with Gasteiger partial charge in [-0.2, -0.15) is 0 Å². The van der Waals surface area contributed by atoms with Crippen LogP contribution >= 0.6 is 0 Å². The average Bonchev–Trinajstić information content (AvgIpc) is 2.73. The van der Waals surface area contributed by atoms with Gasteiger partial charge >= 0.3 is 6.09 Å². The molecular weight excluding hydrogens is 386 g/mol. The van der Waals surface area contributed by atoms with Gasteiger partial charge in [-0.15, -0.1) is 0 Å². The number of nitro benzene ring substituents is 1. The van der Waals surface area contributed by atoms with Gasteiger partial charge in [-0.25, -0.2) is 4.79 Å². The molecule has 11 heteroatoms. The summed E-state index contributed by atoms with van der Waals surface area (Å²) in [6.07, 6.45) is -0.440. The number of ether oxygens (including phenoxy) is 4. The van der Waals surface area contributed by atoms with Crippen molar-refractivity contribution >= 4 is 17.7 Å². The average molecular weight is 411 g/mol. The lowest BCUT2D eigenvalue weighted by Gasteiger charge is -2.34. The molecule has 11 nitrogen and oxygen atoms in total. The summed E-state index contributed by atoms with van der Waals surface area (Å²) in [6.45, 7) is 3.50. The summed E-state index contributed by atoms with van der Waals surface area (Å²) in [5.41, 5.74) is -0.480. The maximum Gasteiger partial charge on any atom is 0.409 e. The van der Waals surface area contributed by atoms with E-state index in [0.717, 1.165) is 0 Å². The second-order valence-corrected chi connectivity index (χ2v) is 6.10. The third-order valence-corrected chi connectivity index (χ3v) is 4.35. The number of amides is 2. The number of hydrogen-bond acceptors (Lipinski definition) is 8. The third kappa shape index (κ3) is 5.47. The van der Waals surface area contributed by atoms with E-state index >= 15 is 0 Å². The molecule has 2 amide bonds. The molecule has 0 unspecified atom stereocenters. The van der Waals surface area contributed by atoms with Crippen LogP contribution in [0.1, 0.15) is 17.3 Å². The summed E-state index contributed by atoms with van der Waals surface area (Å²) in [5.74, 6) is -0.151. The van der Waals surface area contributed by atoms with E-state index in [2.05, 4.69) is 0 Å². The number of hydrogen-bond donors (Lipinski definition) is 0. The Labute approximate surface area is 168 Å². The van der Waals surface area contributed by atoms with Gasteiger partial charge in [-0.05, 0) is 6.92 Å². The molecule has 2 rings (SSSR count). The minimum absolute atomic E-state index is 0.101. The van der Waals surface area contributed by atoms with Crippen molar-refractivity contribution in [3.05, 3.63) is 27.8 Å². The first-order valence-corrected chi connectivity index (χ1v) is 9.12. The molecule has 1 aromatic rings. The van der Waals surface area contributed by atoms with E-state index in [9.17, 15) is 19.7 Å². The Morgan fingerprint density at radius 1 is 1.07 bits per heavy atom. The van der Waals surface area contributed by atoms with Gasteiger partial charge in [-0.1, -0.05) is 0 Å². The highest BCUT2D eigenvalue weighted by atomic mass is 16.6. The Hall–Kier alpha value is -3.08. The molecule has 160 valence electrons. The topological polar surface area (TPSA) is 121 Å². The zero-order valence-corrected chi connectivity index (χ0v) is 16.7. The zero-order chi connectivity index (χ0) is 21.4. The summed E-state index contributed by atoms with van der Waals surface area (Å²) in [7, 11) is 2.89. The molecule has 0 aromatic heterocycles. The lowest BCUT2D eigenvalue weighted by atomic mass is 10.1. The highest BCUT2D eigenvalue weighted by Gasteiger charge is 2.31. The van der Waals surface area contributed by atoms with E-state index in [4.69, 9.17) is 18.9 Å². The fraction of sp³-hybridized carbons (Fsp3) is 0.556. The van der Waals surface area contributed by atoms with Crippen LogP contribution in [0.4, 0.5) is 10.5 Å². The Morgan fingerprint density at radius 2 is 1.72 bits per heavy atom. The molecule has 0 spiro atoms. The van der Waals surface area contributed by atoms with Gasteiger partial charge in [0.1, 0.15) is 12.2 Å². The molecule has 0 N–H and O–H groups in total. The van der Waals surface area contributed by atoms with E-state index in [1.165, 1.54) is 36.2 Å². The van der Waals surface area contributed by atoms with Crippen LogP contribution in [0.15, 0.2) is 12.1 Å². The van der Waals surface area contributed by atoms with Gasteiger partial charge in [0.2, 0.25) is 0 Å². The van der Waals surface area contributed by atoms with Gasteiger partial charge in [0.05, 0.1) is 31.3 Å². The predicted octanol–water partition coefficient (Wildman–Crippen LogP) is 1.54. The first kappa shape index (κ1) is 22.2. The van der Waals surface area contributed by atoms with Crippen LogP contribution in [-0.4, -0.2) is 86.9 Å². The minimum atomic E-state index is -0.634. The molecule has 1 aromatic carbocycles. The van der Waals surface area contributed by atoms with Crippen LogP contribution in [0, 0.1) is 10.1 Å². The molecule has 0 aliphatic carbocycles. The van der Waals surface area contributed by atoms with Crippen molar-refractivity contribution < 1.29 is 33.5 Å². The molecule has 1 heterocycles. The molecule has 0 atom stereocenters. The molecular formula is C18H25N3O8. The SMILES string of the molecule is CCOC(=O)N1CCN(C(=O)c2cc(OC)c(OCCOC)cc2[N+](=O)[O-])CC1. The third-order valence-electron chi connectivity index (χ3n) is 4.35. The number of carbonyl (C=O) groups is 2. The van der Waals surface area contributed by atoms with Crippen LogP contribution in [0.5, 0.6) is 11.5 Å². The van der Waals surface area contributed by atoms with E-state index in [1.54, 1.807) is 6.92 Å². The van der Waals surface area contributed by atoms with Crippen LogP contribution < -0.4 is 9.47 Å². The Kier molecular flexibility index (Phi) is 8.01. The Bertz CT molecular complexity index is 747. The highest BCUT2D eigenvalue weighted by Crippen LogP contribution is 2.35. The monoisotopic (exact) mass is 411 g/mol. The molecule has 1 saturated heterocycles. The van der Waals surface area contributed by atoms with E-state index in [1.807, 2.05) is 0 Å². The smallest absolute Gasteiger partial charge is 0.409 e. The van der Waals surface area contributed by atoms with Crippen LogP contribution in [0.2, 0.25) is 0 Å².